The second-order valence-corrected chi connectivity index (χ2v) is 5.16. The van der Waals surface area contributed by atoms with Crippen LogP contribution in [-0.4, -0.2) is 14.5 Å². The first-order valence-electron chi connectivity index (χ1n) is 6.92. The van der Waals surface area contributed by atoms with Crippen LogP contribution in [0.2, 0.25) is 0 Å². The summed E-state index contributed by atoms with van der Waals surface area (Å²) < 4.78 is 6.86. The van der Waals surface area contributed by atoms with Gasteiger partial charge in [0, 0.05) is 17.7 Å². The molecule has 4 rings (SSSR count). The van der Waals surface area contributed by atoms with Gasteiger partial charge < -0.3 is 4.42 Å². The van der Waals surface area contributed by atoms with Gasteiger partial charge in [0.25, 0.3) is 0 Å². The van der Waals surface area contributed by atoms with E-state index >= 15 is 0 Å². The fourth-order valence-corrected chi connectivity index (χ4v) is 2.29. The number of benzene rings is 1. The average Bonchev–Trinajstić information content (AvgIpc) is 3.26. The largest absolute Gasteiger partial charge is 0.442 e. The summed E-state index contributed by atoms with van der Waals surface area (Å²) in [7, 11) is 0. The molecule has 1 fully saturated rings. The standard InChI is InChI=1S/C16H13N3O2/c20-16-17-13(11-6-7-11)8-9-19(16)14-10-21-15(18-14)12-4-2-1-3-5-12/h1-5,8-11H,6-7H2. The fourth-order valence-electron chi connectivity index (χ4n) is 2.29. The molecule has 0 amide bonds. The van der Waals surface area contributed by atoms with Crippen LogP contribution in [0.3, 0.4) is 0 Å². The zero-order valence-corrected chi connectivity index (χ0v) is 11.3. The lowest BCUT2D eigenvalue weighted by Gasteiger charge is -2.01. The molecule has 104 valence electrons. The highest BCUT2D eigenvalue weighted by Gasteiger charge is 2.25. The lowest BCUT2D eigenvalue weighted by molar-refractivity contribution is 0.573. The molecule has 5 nitrogen and oxygen atoms in total. The van der Waals surface area contributed by atoms with Crippen molar-refractivity contribution in [2.24, 2.45) is 0 Å². The van der Waals surface area contributed by atoms with Crippen LogP contribution in [0.25, 0.3) is 17.3 Å². The molecule has 0 radical (unpaired) electrons. The van der Waals surface area contributed by atoms with E-state index < -0.39 is 0 Å². The molecule has 1 aromatic carbocycles. The van der Waals surface area contributed by atoms with Gasteiger partial charge in [-0.15, -0.1) is 0 Å². The highest BCUT2D eigenvalue weighted by molar-refractivity contribution is 5.53. The molecule has 0 spiro atoms. The molecule has 1 aliphatic carbocycles. The molecule has 1 aliphatic rings. The van der Waals surface area contributed by atoms with Crippen molar-refractivity contribution in [1.82, 2.24) is 14.5 Å². The Balaban J connectivity index is 1.71. The molecule has 5 heteroatoms. The zero-order valence-electron chi connectivity index (χ0n) is 11.3. The molecule has 0 N–H and O–H groups in total. The zero-order chi connectivity index (χ0) is 14.2. The van der Waals surface area contributed by atoms with Crippen LogP contribution in [0.5, 0.6) is 0 Å². The van der Waals surface area contributed by atoms with Gasteiger partial charge in [-0.2, -0.15) is 9.97 Å². The first-order valence-corrected chi connectivity index (χ1v) is 6.92. The molecule has 1 saturated carbocycles. The van der Waals surface area contributed by atoms with E-state index in [9.17, 15) is 4.79 Å². The van der Waals surface area contributed by atoms with Crippen molar-refractivity contribution in [2.45, 2.75) is 18.8 Å². The predicted molar refractivity (Wildman–Crippen MR) is 77.3 cm³/mol. The monoisotopic (exact) mass is 279 g/mol. The van der Waals surface area contributed by atoms with Crippen molar-refractivity contribution in [3.05, 3.63) is 65.0 Å². The van der Waals surface area contributed by atoms with Crippen LogP contribution in [0.4, 0.5) is 0 Å². The Labute approximate surface area is 120 Å². The summed E-state index contributed by atoms with van der Waals surface area (Å²) in [6.45, 7) is 0. The summed E-state index contributed by atoms with van der Waals surface area (Å²) in [4.78, 5) is 20.6. The number of oxazole rings is 1. The van der Waals surface area contributed by atoms with E-state index in [0.717, 1.165) is 24.1 Å². The molecule has 2 aromatic heterocycles. The van der Waals surface area contributed by atoms with E-state index in [1.54, 1.807) is 6.20 Å². The third-order valence-corrected chi connectivity index (χ3v) is 3.58. The first-order chi connectivity index (χ1) is 10.3. The van der Waals surface area contributed by atoms with E-state index in [1.807, 2.05) is 36.4 Å². The Kier molecular flexibility index (Phi) is 2.70. The molecular weight excluding hydrogens is 266 g/mol. The van der Waals surface area contributed by atoms with E-state index in [1.165, 1.54) is 10.8 Å². The average molecular weight is 279 g/mol. The van der Waals surface area contributed by atoms with Crippen molar-refractivity contribution in [3.8, 4) is 17.3 Å². The third-order valence-electron chi connectivity index (χ3n) is 3.58. The van der Waals surface area contributed by atoms with Crippen molar-refractivity contribution in [1.29, 1.82) is 0 Å². The van der Waals surface area contributed by atoms with Crippen molar-refractivity contribution in [2.75, 3.05) is 0 Å². The molecule has 2 heterocycles. The van der Waals surface area contributed by atoms with Gasteiger partial charge in [-0.1, -0.05) is 18.2 Å². The maximum atomic E-state index is 12.1. The Hall–Kier alpha value is -2.69. The van der Waals surface area contributed by atoms with Crippen LogP contribution < -0.4 is 5.69 Å². The topological polar surface area (TPSA) is 60.9 Å². The second-order valence-electron chi connectivity index (χ2n) is 5.16. The van der Waals surface area contributed by atoms with Gasteiger partial charge in [0.1, 0.15) is 6.26 Å². The van der Waals surface area contributed by atoms with Gasteiger partial charge in [-0.25, -0.2) is 9.36 Å². The summed E-state index contributed by atoms with van der Waals surface area (Å²) in [5.74, 6) is 1.40. The van der Waals surface area contributed by atoms with Gasteiger partial charge in [0.05, 0.1) is 5.69 Å². The highest BCUT2D eigenvalue weighted by Crippen LogP contribution is 2.38. The van der Waals surface area contributed by atoms with E-state index in [0.29, 0.717) is 17.6 Å². The summed E-state index contributed by atoms with van der Waals surface area (Å²) >= 11 is 0. The van der Waals surface area contributed by atoms with Crippen LogP contribution in [0.15, 0.2) is 58.1 Å². The Morgan fingerprint density at radius 2 is 1.90 bits per heavy atom. The SMILES string of the molecule is O=c1nc(C2CC2)ccn1-c1coc(-c2ccccc2)n1. The minimum atomic E-state index is -0.313. The molecule has 0 aliphatic heterocycles. The smallest absolute Gasteiger partial charge is 0.353 e. The molecule has 21 heavy (non-hydrogen) atoms. The maximum Gasteiger partial charge on any atom is 0.353 e. The molecule has 3 aromatic rings. The van der Waals surface area contributed by atoms with Crippen molar-refractivity contribution < 1.29 is 4.42 Å². The minimum Gasteiger partial charge on any atom is -0.442 e. The Morgan fingerprint density at radius 1 is 1.10 bits per heavy atom. The highest BCUT2D eigenvalue weighted by atomic mass is 16.3. The summed E-state index contributed by atoms with van der Waals surface area (Å²) in [6, 6.07) is 11.5. The van der Waals surface area contributed by atoms with Crippen molar-refractivity contribution in [3.63, 3.8) is 0 Å². The molecule has 0 atom stereocenters. The van der Waals surface area contributed by atoms with Crippen LogP contribution in [0, 0.1) is 0 Å². The maximum absolute atomic E-state index is 12.1. The van der Waals surface area contributed by atoms with Crippen LogP contribution in [0.1, 0.15) is 24.5 Å². The lowest BCUT2D eigenvalue weighted by atomic mass is 10.2. The molecule has 0 bridgehead atoms. The summed E-state index contributed by atoms with van der Waals surface area (Å²) in [5.41, 5.74) is 1.44. The number of nitrogens with zero attached hydrogens (tertiary/aromatic N) is 3. The summed E-state index contributed by atoms with van der Waals surface area (Å²) in [5, 5.41) is 0. The van der Waals surface area contributed by atoms with Gasteiger partial charge in [0.2, 0.25) is 5.89 Å². The normalized spacial score (nSPS) is 14.3. The molecule has 0 saturated heterocycles. The Morgan fingerprint density at radius 3 is 2.62 bits per heavy atom. The number of hydrogen-bond donors (Lipinski definition) is 0. The number of aromatic nitrogens is 3. The van der Waals surface area contributed by atoms with Gasteiger partial charge >= 0.3 is 5.69 Å². The number of hydrogen-bond acceptors (Lipinski definition) is 4. The molecule has 0 unspecified atom stereocenters. The summed E-state index contributed by atoms with van der Waals surface area (Å²) in [6.07, 6.45) is 5.44. The van der Waals surface area contributed by atoms with E-state index in [2.05, 4.69) is 9.97 Å². The number of rotatable bonds is 3. The lowest BCUT2D eigenvalue weighted by Crippen LogP contribution is -2.22. The molecular formula is C16H13N3O2. The first kappa shape index (κ1) is 12.1. The quantitative estimate of drug-likeness (QED) is 0.739. The minimum absolute atomic E-state index is 0.313. The van der Waals surface area contributed by atoms with E-state index in [-0.39, 0.29) is 5.69 Å². The fraction of sp³-hybridized carbons (Fsp3) is 0.188. The Bertz CT molecular complexity index is 832. The third kappa shape index (κ3) is 2.27. The van der Waals surface area contributed by atoms with E-state index in [4.69, 9.17) is 4.42 Å². The van der Waals surface area contributed by atoms with Crippen LogP contribution >= 0.6 is 0 Å². The van der Waals surface area contributed by atoms with Gasteiger partial charge in [-0.05, 0) is 31.0 Å². The predicted octanol–water partition coefficient (Wildman–Crippen LogP) is 2.76. The van der Waals surface area contributed by atoms with Gasteiger partial charge in [0.15, 0.2) is 5.82 Å². The van der Waals surface area contributed by atoms with Crippen LogP contribution in [-0.2, 0) is 0 Å². The second kappa shape index (κ2) is 4.70. The van der Waals surface area contributed by atoms with Crippen molar-refractivity contribution >= 4 is 0 Å². The van der Waals surface area contributed by atoms with Gasteiger partial charge in [-0.3, -0.25) is 0 Å².